The normalized spacial score (nSPS) is 11.0. The molecule has 0 aliphatic carbocycles. The van der Waals surface area contributed by atoms with Crippen molar-refractivity contribution in [3.63, 3.8) is 0 Å². The fourth-order valence-electron chi connectivity index (χ4n) is 2.07. The van der Waals surface area contributed by atoms with Gasteiger partial charge in [0.1, 0.15) is 0 Å². The molecule has 0 spiro atoms. The maximum atomic E-state index is 4.33. The molecule has 0 aliphatic rings. The fourth-order valence-corrected chi connectivity index (χ4v) is 2.07. The van der Waals surface area contributed by atoms with Crippen LogP contribution in [-0.2, 0) is 26.7 Å². The lowest BCUT2D eigenvalue weighted by molar-refractivity contribution is 0.627. The lowest BCUT2D eigenvalue weighted by atomic mass is 10.2. The van der Waals surface area contributed by atoms with Crippen LogP contribution in [0.5, 0.6) is 0 Å². The smallest absolute Gasteiger partial charge is 0.0638 e. The molecule has 0 unspecified atom stereocenters. The maximum absolute atomic E-state index is 4.33. The van der Waals surface area contributed by atoms with E-state index in [1.165, 1.54) is 11.3 Å². The first kappa shape index (κ1) is 11.9. The quantitative estimate of drug-likeness (QED) is 0.853. The van der Waals surface area contributed by atoms with Crippen LogP contribution < -0.4 is 5.32 Å². The number of nitrogens with zero attached hydrogens (tertiary/aromatic N) is 3. The van der Waals surface area contributed by atoms with Gasteiger partial charge in [-0.25, -0.2) is 0 Å². The Labute approximate surface area is 102 Å². The van der Waals surface area contributed by atoms with Crippen LogP contribution in [-0.4, -0.2) is 14.3 Å². The van der Waals surface area contributed by atoms with Gasteiger partial charge in [0, 0.05) is 50.3 Å². The topological polar surface area (TPSA) is 34.8 Å². The molecular weight excluding hydrogens is 212 g/mol. The molecule has 0 bridgehead atoms. The van der Waals surface area contributed by atoms with Crippen LogP contribution in [0.3, 0.4) is 0 Å². The first-order valence-electron chi connectivity index (χ1n) is 6.04. The molecule has 0 aromatic carbocycles. The predicted octanol–water partition coefficient (Wildman–Crippen LogP) is 1.84. The van der Waals surface area contributed by atoms with Gasteiger partial charge in [0.25, 0.3) is 0 Å². The van der Waals surface area contributed by atoms with E-state index in [4.69, 9.17) is 0 Å². The van der Waals surface area contributed by atoms with Gasteiger partial charge < -0.3 is 9.88 Å². The summed E-state index contributed by atoms with van der Waals surface area (Å²) < 4.78 is 4.12. The van der Waals surface area contributed by atoms with E-state index in [-0.39, 0.29) is 0 Å². The second-order valence-electron chi connectivity index (χ2n) is 4.30. The van der Waals surface area contributed by atoms with Crippen LogP contribution in [0, 0.1) is 6.92 Å². The largest absolute Gasteiger partial charge is 0.351 e. The molecule has 1 N–H and O–H groups in total. The zero-order chi connectivity index (χ0) is 12.3. The molecule has 92 valence electrons. The fraction of sp³-hybridized carbons (Fsp3) is 0.462. The summed E-state index contributed by atoms with van der Waals surface area (Å²) in [5, 5.41) is 7.79. The number of aromatic nitrogens is 3. The molecule has 0 saturated heterocycles. The molecule has 0 atom stereocenters. The number of aryl methyl sites for hydroxylation is 3. The average molecular weight is 232 g/mol. The zero-order valence-electron chi connectivity index (χ0n) is 10.8. The number of hydrogen-bond acceptors (Lipinski definition) is 2. The molecule has 4 nitrogen and oxygen atoms in total. The van der Waals surface area contributed by atoms with Gasteiger partial charge in [-0.1, -0.05) is 0 Å². The monoisotopic (exact) mass is 232 g/mol. The second kappa shape index (κ2) is 5.19. The molecule has 0 amide bonds. The van der Waals surface area contributed by atoms with E-state index >= 15 is 0 Å². The predicted molar refractivity (Wildman–Crippen MR) is 68.6 cm³/mol. The van der Waals surface area contributed by atoms with E-state index in [0.717, 1.165) is 25.3 Å². The minimum Gasteiger partial charge on any atom is -0.351 e. The van der Waals surface area contributed by atoms with Gasteiger partial charge >= 0.3 is 0 Å². The number of nitrogens with one attached hydrogen (secondary N) is 1. The Morgan fingerprint density at radius 1 is 1.35 bits per heavy atom. The summed E-state index contributed by atoms with van der Waals surface area (Å²) in [6.07, 6.45) is 4.19. The van der Waals surface area contributed by atoms with E-state index in [9.17, 15) is 0 Å². The highest BCUT2D eigenvalue weighted by Crippen LogP contribution is 2.06. The first-order chi connectivity index (χ1) is 8.20. The van der Waals surface area contributed by atoms with Crippen LogP contribution in [0.1, 0.15) is 23.9 Å². The Balaban J connectivity index is 1.89. The first-order valence-corrected chi connectivity index (χ1v) is 6.04. The van der Waals surface area contributed by atoms with E-state index in [2.05, 4.69) is 46.4 Å². The molecule has 0 radical (unpaired) electrons. The van der Waals surface area contributed by atoms with Gasteiger partial charge in [0.05, 0.1) is 5.69 Å². The average Bonchev–Trinajstić information content (AvgIpc) is 2.86. The van der Waals surface area contributed by atoms with Gasteiger partial charge in [-0.15, -0.1) is 0 Å². The summed E-state index contributed by atoms with van der Waals surface area (Å²) in [7, 11) is 1.96. The Bertz CT molecular complexity index is 481. The van der Waals surface area contributed by atoms with Crippen molar-refractivity contribution in [2.45, 2.75) is 33.5 Å². The Morgan fingerprint density at radius 3 is 2.82 bits per heavy atom. The maximum Gasteiger partial charge on any atom is 0.0638 e. The highest BCUT2D eigenvalue weighted by atomic mass is 15.2. The molecular formula is C13H20N4. The minimum absolute atomic E-state index is 0.870. The Morgan fingerprint density at radius 2 is 2.18 bits per heavy atom. The van der Waals surface area contributed by atoms with Gasteiger partial charge in [-0.05, 0) is 26.0 Å². The Hall–Kier alpha value is -1.55. The summed E-state index contributed by atoms with van der Waals surface area (Å²) in [4.78, 5) is 0. The summed E-state index contributed by atoms with van der Waals surface area (Å²) in [6.45, 7) is 7.00. The van der Waals surface area contributed by atoms with Gasteiger partial charge in [-0.2, -0.15) is 5.10 Å². The van der Waals surface area contributed by atoms with Crippen molar-refractivity contribution >= 4 is 0 Å². The molecule has 2 heterocycles. The molecule has 0 saturated carbocycles. The molecule has 2 aromatic heterocycles. The molecule has 4 heteroatoms. The van der Waals surface area contributed by atoms with Crippen molar-refractivity contribution in [3.05, 3.63) is 41.5 Å². The third-order valence-electron chi connectivity index (χ3n) is 3.00. The zero-order valence-corrected chi connectivity index (χ0v) is 10.8. The third-order valence-corrected chi connectivity index (χ3v) is 3.00. The lowest BCUT2D eigenvalue weighted by Gasteiger charge is -2.07. The minimum atomic E-state index is 0.870. The molecule has 17 heavy (non-hydrogen) atoms. The molecule has 0 aliphatic heterocycles. The van der Waals surface area contributed by atoms with Crippen LogP contribution in [0.25, 0.3) is 0 Å². The summed E-state index contributed by atoms with van der Waals surface area (Å²) >= 11 is 0. The molecule has 2 rings (SSSR count). The van der Waals surface area contributed by atoms with Crippen molar-refractivity contribution in [1.82, 2.24) is 19.7 Å². The SMILES string of the molecule is CCn1cccc1CNCc1cn(C)nc1C. The van der Waals surface area contributed by atoms with Crippen molar-refractivity contribution in [2.24, 2.45) is 7.05 Å². The van der Waals surface area contributed by atoms with E-state index in [0.29, 0.717) is 0 Å². The van der Waals surface area contributed by atoms with Gasteiger partial charge in [0.15, 0.2) is 0 Å². The van der Waals surface area contributed by atoms with Crippen molar-refractivity contribution < 1.29 is 0 Å². The second-order valence-corrected chi connectivity index (χ2v) is 4.30. The van der Waals surface area contributed by atoms with Crippen LogP contribution in [0.2, 0.25) is 0 Å². The highest BCUT2D eigenvalue weighted by molar-refractivity contribution is 5.15. The summed E-state index contributed by atoms with van der Waals surface area (Å²) in [5.74, 6) is 0. The van der Waals surface area contributed by atoms with E-state index in [1.807, 2.05) is 18.7 Å². The van der Waals surface area contributed by atoms with Crippen molar-refractivity contribution in [1.29, 1.82) is 0 Å². The van der Waals surface area contributed by atoms with E-state index in [1.54, 1.807) is 0 Å². The standard InChI is InChI=1S/C13H20N4/c1-4-17-7-5-6-13(17)9-14-8-12-10-16(3)15-11(12)2/h5-7,10,14H,4,8-9H2,1-3H3. The van der Waals surface area contributed by atoms with Gasteiger partial charge in [-0.3, -0.25) is 4.68 Å². The number of hydrogen-bond donors (Lipinski definition) is 1. The van der Waals surface area contributed by atoms with E-state index < -0.39 is 0 Å². The Kier molecular flexibility index (Phi) is 3.64. The summed E-state index contributed by atoms with van der Waals surface area (Å²) in [6, 6.07) is 4.25. The summed E-state index contributed by atoms with van der Waals surface area (Å²) in [5.41, 5.74) is 3.70. The molecule has 0 fully saturated rings. The third kappa shape index (κ3) is 2.77. The van der Waals surface area contributed by atoms with Crippen LogP contribution in [0.4, 0.5) is 0 Å². The van der Waals surface area contributed by atoms with Crippen LogP contribution >= 0.6 is 0 Å². The molecule has 2 aromatic rings. The number of rotatable bonds is 5. The lowest BCUT2D eigenvalue weighted by Crippen LogP contribution is -2.15. The van der Waals surface area contributed by atoms with Crippen molar-refractivity contribution in [3.8, 4) is 0 Å². The van der Waals surface area contributed by atoms with Gasteiger partial charge in [0.2, 0.25) is 0 Å². The van der Waals surface area contributed by atoms with Crippen LogP contribution in [0.15, 0.2) is 24.5 Å². The van der Waals surface area contributed by atoms with Crippen molar-refractivity contribution in [2.75, 3.05) is 0 Å². The highest BCUT2D eigenvalue weighted by Gasteiger charge is 2.03.